The van der Waals surface area contributed by atoms with Crippen molar-refractivity contribution in [2.75, 3.05) is 0 Å². The van der Waals surface area contributed by atoms with E-state index in [1.165, 1.54) is 0 Å². The van der Waals surface area contributed by atoms with Crippen LogP contribution in [0.4, 0.5) is 8.63 Å². The molecule has 0 spiro atoms. The van der Waals surface area contributed by atoms with Gasteiger partial charge in [-0.2, -0.15) is 0 Å². The molecule has 14 heavy (non-hydrogen) atoms. The van der Waals surface area contributed by atoms with Crippen molar-refractivity contribution < 1.29 is 17.9 Å². The minimum Gasteiger partial charge on any atom is -1.00 e. The lowest BCUT2D eigenvalue weighted by atomic mass is 10.1. The number of halogens is 3. The number of hydrogen-bond donors (Lipinski definition) is 0. The molecule has 0 N–H and O–H groups in total. The topological polar surface area (TPSA) is 8.81 Å². The summed E-state index contributed by atoms with van der Waals surface area (Å²) in [6.45, 7) is 4.01. The van der Waals surface area contributed by atoms with Gasteiger partial charge in [0.2, 0.25) is 6.33 Å². The highest BCUT2D eigenvalue weighted by molar-refractivity contribution is 6.40. The summed E-state index contributed by atoms with van der Waals surface area (Å²) in [6.07, 6.45) is 6.14. The molecule has 1 heterocycles. The van der Waals surface area contributed by atoms with Crippen LogP contribution < -0.4 is 9.27 Å². The molecule has 0 aliphatic rings. The summed E-state index contributed by atoms with van der Waals surface area (Å²) in [7, 11) is -0.147. The Hall–Kier alpha value is -0.935. The highest BCUT2D eigenvalue weighted by Crippen LogP contribution is 1.79. The van der Waals surface area contributed by atoms with Crippen molar-refractivity contribution in [1.29, 1.82) is 0 Å². The molecule has 2 nitrogen and oxygen atoms in total. The second kappa shape index (κ2) is 10.1. The Kier molecular flexibility index (Phi) is 13.6. The van der Waals surface area contributed by atoms with Crippen LogP contribution in [-0.4, -0.2) is 11.8 Å². The van der Waals surface area contributed by atoms with Crippen LogP contribution in [0, 0.1) is 0 Å². The van der Waals surface area contributed by atoms with Crippen LogP contribution in [0.3, 0.4) is 0 Å². The smallest absolute Gasteiger partial charge is 0.535 e. The zero-order chi connectivity index (χ0) is 9.56. The summed E-state index contributed by atoms with van der Waals surface area (Å²) >= 11 is 0. The van der Waals surface area contributed by atoms with Gasteiger partial charge in [0, 0.05) is 0 Å². The first-order valence-electron chi connectivity index (χ1n) is 3.85. The lowest BCUT2D eigenvalue weighted by molar-refractivity contribution is -0.671. The highest BCUT2D eigenvalue weighted by atomic mass is 19.2. The van der Waals surface area contributed by atoms with E-state index in [1.54, 1.807) is 0 Å². The monoisotopic (exact) mass is 210 g/mol. The summed E-state index contributed by atoms with van der Waals surface area (Å²) in [6, 6.07) is 0. The molecule has 84 valence electrons. The molecule has 0 bridgehead atoms. The van der Waals surface area contributed by atoms with E-state index in [9.17, 15) is 8.63 Å². The molecule has 0 radical (unpaired) electrons. The third-order valence-electron chi connectivity index (χ3n) is 1.19. The van der Waals surface area contributed by atoms with Gasteiger partial charge in [0.05, 0.1) is 13.6 Å². The summed E-state index contributed by atoms with van der Waals surface area (Å²) in [4.78, 5) is 0. The van der Waals surface area contributed by atoms with Crippen LogP contribution in [0.25, 0.3) is 0 Å². The number of hydrogen-bond acceptors (Lipinski definition) is 0. The Morgan fingerprint density at radius 1 is 1.43 bits per heavy atom. The zero-order valence-electron chi connectivity index (χ0n) is 8.04. The molecule has 1 rings (SSSR count). The van der Waals surface area contributed by atoms with Gasteiger partial charge in [-0.25, -0.2) is 9.13 Å². The van der Waals surface area contributed by atoms with Gasteiger partial charge in [0.1, 0.15) is 12.4 Å². The quantitative estimate of drug-likeness (QED) is 0.416. The fourth-order valence-corrected chi connectivity index (χ4v) is 0.689. The molecule has 0 unspecified atom stereocenters. The Balaban J connectivity index is -0.000000180. The van der Waals surface area contributed by atoms with Crippen LogP contribution in [0.2, 0.25) is 6.82 Å². The number of aryl methyl sites for hydroxylation is 2. The number of imidazole rings is 1. The predicted octanol–water partition coefficient (Wildman–Crippen LogP) is -0.984. The van der Waals surface area contributed by atoms with Gasteiger partial charge in [-0.15, -0.1) is 0 Å². The second-order valence-electron chi connectivity index (χ2n) is 2.43. The number of aromatic nitrogens is 2. The van der Waals surface area contributed by atoms with Crippen molar-refractivity contribution in [3.8, 4) is 0 Å². The predicted molar refractivity (Wildman–Crippen MR) is 51.8 cm³/mol. The van der Waals surface area contributed by atoms with E-state index in [2.05, 4.69) is 24.0 Å². The fraction of sp³-hybridized carbons (Fsp3) is 0.625. The first-order valence-corrected chi connectivity index (χ1v) is 3.85. The normalized spacial score (nSPS) is 7.50. The fourth-order valence-electron chi connectivity index (χ4n) is 0.689. The maximum Gasteiger partial charge on any atom is 0.535 e. The molecule has 1 aromatic heterocycles. The molecular weight excluding hydrogens is 192 g/mol. The van der Waals surface area contributed by atoms with E-state index in [1.807, 2.05) is 17.8 Å². The molecule has 0 atom stereocenters. The van der Waals surface area contributed by atoms with Gasteiger partial charge < -0.3 is 4.70 Å². The largest absolute Gasteiger partial charge is 1.00 e. The van der Waals surface area contributed by atoms with Gasteiger partial charge in [-0.05, 0) is 13.7 Å². The van der Waals surface area contributed by atoms with E-state index < -0.39 is 7.27 Å². The summed E-state index contributed by atoms with van der Waals surface area (Å²) < 4.78 is 24.8. The average Bonchev–Trinajstić information content (AvgIpc) is 2.34. The molecule has 0 amide bonds. The Bertz CT molecular complexity index is 213. The van der Waals surface area contributed by atoms with Crippen molar-refractivity contribution in [2.24, 2.45) is 7.05 Å². The van der Waals surface area contributed by atoms with Gasteiger partial charge in [-0.1, -0.05) is 7.43 Å². The second-order valence-corrected chi connectivity index (χ2v) is 2.43. The van der Waals surface area contributed by atoms with Gasteiger partial charge in [-0.3, -0.25) is 8.63 Å². The minimum atomic E-state index is -2.17. The maximum absolute atomic E-state index is 10.3. The summed E-state index contributed by atoms with van der Waals surface area (Å²) in [5.41, 5.74) is 0. The molecule has 0 saturated carbocycles. The lowest BCUT2D eigenvalue weighted by Gasteiger charge is -1.81. The average molecular weight is 210 g/mol. The third kappa shape index (κ3) is 11.1. The van der Waals surface area contributed by atoms with Crippen molar-refractivity contribution >= 4 is 7.27 Å². The molecule has 0 aliphatic heterocycles. The highest BCUT2D eigenvalue weighted by Gasteiger charge is 1.94. The number of rotatable bonds is 1. The summed E-state index contributed by atoms with van der Waals surface area (Å²) in [5, 5.41) is 0. The van der Waals surface area contributed by atoms with E-state index in [0.717, 1.165) is 13.4 Å². The Morgan fingerprint density at radius 2 is 1.86 bits per heavy atom. The van der Waals surface area contributed by atoms with E-state index in [-0.39, 0.29) is 12.1 Å². The Labute approximate surface area is 84.1 Å². The molecule has 1 aromatic rings. The van der Waals surface area contributed by atoms with Crippen LogP contribution in [0.15, 0.2) is 18.7 Å². The van der Waals surface area contributed by atoms with E-state index >= 15 is 0 Å². The number of nitrogens with zero attached hydrogens (tertiary/aromatic N) is 2. The minimum absolute atomic E-state index is 0. The standard InChI is InChI=1S/C6H11N2.CH3BF2.CH4.FH/c1-3-8-5-4-7(2)6-8;1-2(3)4;;/h4-6H,3H2,1-2H3;1H3;1H4;1H/q+1;;;/p-1. The van der Waals surface area contributed by atoms with Gasteiger partial charge >= 0.3 is 7.27 Å². The van der Waals surface area contributed by atoms with Crippen LogP contribution >= 0.6 is 0 Å². The molecule has 0 aliphatic carbocycles. The maximum atomic E-state index is 10.3. The SMILES string of the molecule is C.CB(F)F.CCn1cc[n+](C)c1.[F-]. The van der Waals surface area contributed by atoms with E-state index in [4.69, 9.17) is 0 Å². The summed E-state index contributed by atoms with van der Waals surface area (Å²) in [5.74, 6) is 0. The molecule has 6 heteroatoms. The zero-order valence-corrected chi connectivity index (χ0v) is 8.04. The molecule has 0 fully saturated rings. The van der Waals surface area contributed by atoms with Crippen LogP contribution in [-0.2, 0) is 13.6 Å². The molecular formula is C8H18BF3N2. The van der Waals surface area contributed by atoms with Crippen molar-refractivity contribution in [2.45, 2.75) is 27.7 Å². The van der Waals surface area contributed by atoms with Crippen molar-refractivity contribution in [3.05, 3.63) is 18.7 Å². The van der Waals surface area contributed by atoms with Crippen LogP contribution in [0.5, 0.6) is 0 Å². The van der Waals surface area contributed by atoms with Crippen molar-refractivity contribution in [3.63, 3.8) is 0 Å². The Morgan fingerprint density at radius 3 is 2.00 bits per heavy atom. The first-order chi connectivity index (χ1) is 5.56. The first kappa shape index (κ1) is 18.8. The molecule has 0 aromatic carbocycles. The van der Waals surface area contributed by atoms with Crippen LogP contribution in [0.1, 0.15) is 14.4 Å². The van der Waals surface area contributed by atoms with E-state index in [0.29, 0.717) is 0 Å². The van der Waals surface area contributed by atoms with Gasteiger partial charge in [0.15, 0.2) is 0 Å². The van der Waals surface area contributed by atoms with Gasteiger partial charge in [0.25, 0.3) is 0 Å². The lowest BCUT2D eigenvalue weighted by Crippen LogP contribution is -3.00. The molecule has 0 saturated heterocycles. The van der Waals surface area contributed by atoms with Crippen molar-refractivity contribution in [1.82, 2.24) is 4.57 Å². The third-order valence-corrected chi connectivity index (χ3v) is 1.19.